The average Bonchev–Trinajstić information content (AvgIpc) is 3.05. The third-order valence-electron chi connectivity index (χ3n) is 5.10. The number of aliphatic hydroxyl groups excluding tert-OH is 1. The number of amides is 1. The van der Waals surface area contributed by atoms with E-state index in [-0.39, 0.29) is 18.1 Å². The summed E-state index contributed by atoms with van der Waals surface area (Å²) < 4.78 is 0. The van der Waals surface area contributed by atoms with Gasteiger partial charge in [-0.1, -0.05) is 0 Å². The van der Waals surface area contributed by atoms with Gasteiger partial charge in [-0.15, -0.1) is 0 Å². The summed E-state index contributed by atoms with van der Waals surface area (Å²) >= 11 is 0. The summed E-state index contributed by atoms with van der Waals surface area (Å²) in [6, 6.07) is 5.44. The van der Waals surface area contributed by atoms with Crippen molar-refractivity contribution in [2.75, 3.05) is 23.7 Å². The Labute approximate surface area is 151 Å². The third-order valence-corrected chi connectivity index (χ3v) is 5.10. The standard InChI is InChI=1S/C18H22N6O2/c19-16-2-1-11(8-20-16)18(26)23-13-5-12(6-13)15-7-17(22-10-21-15)24-4-3-14(25)9-24/h1-2,7-8,10,12-14,25H,3-6,9H2,(H2,19,20)(H,23,26). The number of nitrogens with one attached hydrogen (secondary N) is 1. The van der Waals surface area contributed by atoms with Crippen LogP contribution in [-0.4, -0.2) is 51.2 Å². The van der Waals surface area contributed by atoms with Crippen LogP contribution in [0.25, 0.3) is 0 Å². The van der Waals surface area contributed by atoms with Crippen LogP contribution >= 0.6 is 0 Å². The van der Waals surface area contributed by atoms with Gasteiger partial charge in [0.2, 0.25) is 0 Å². The fraction of sp³-hybridized carbons (Fsp3) is 0.444. The Bertz CT molecular complexity index is 791. The van der Waals surface area contributed by atoms with Gasteiger partial charge in [-0.3, -0.25) is 4.79 Å². The second kappa shape index (κ2) is 6.87. The van der Waals surface area contributed by atoms with E-state index < -0.39 is 0 Å². The lowest BCUT2D eigenvalue weighted by Crippen LogP contribution is -2.43. The summed E-state index contributed by atoms with van der Waals surface area (Å²) in [5.41, 5.74) is 7.05. The van der Waals surface area contributed by atoms with Crippen molar-refractivity contribution in [3.8, 4) is 0 Å². The SMILES string of the molecule is Nc1ccc(C(=O)NC2CC(c3cc(N4CCC(O)C4)ncn3)C2)cn1. The highest BCUT2D eigenvalue weighted by molar-refractivity contribution is 5.94. The lowest BCUT2D eigenvalue weighted by molar-refractivity contribution is 0.0908. The summed E-state index contributed by atoms with van der Waals surface area (Å²) in [4.78, 5) is 27.0. The van der Waals surface area contributed by atoms with Crippen LogP contribution in [0.3, 0.4) is 0 Å². The van der Waals surface area contributed by atoms with Crippen LogP contribution in [0, 0.1) is 0 Å². The molecule has 4 rings (SSSR count). The number of aromatic nitrogens is 3. The Kier molecular flexibility index (Phi) is 4.42. The van der Waals surface area contributed by atoms with Gasteiger partial charge in [-0.2, -0.15) is 0 Å². The quantitative estimate of drug-likeness (QED) is 0.740. The maximum atomic E-state index is 12.2. The molecule has 0 radical (unpaired) electrons. The predicted molar refractivity (Wildman–Crippen MR) is 96.7 cm³/mol. The summed E-state index contributed by atoms with van der Waals surface area (Å²) in [6.07, 6.45) is 5.28. The minimum absolute atomic E-state index is 0.129. The Morgan fingerprint density at radius 2 is 2.12 bits per heavy atom. The van der Waals surface area contributed by atoms with Crippen LogP contribution in [0.1, 0.15) is 41.2 Å². The van der Waals surface area contributed by atoms with Crippen LogP contribution in [0.2, 0.25) is 0 Å². The number of hydrogen-bond acceptors (Lipinski definition) is 7. The topological polar surface area (TPSA) is 117 Å². The van der Waals surface area contributed by atoms with Gasteiger partial charge in [-0.05, 0) is 31.4 Å². The molecule has 2 aromatic rings. The van der Waals surface area contributed by atoms with Crippen LogP contribution in [0.4, 0.5) is 11.6 Å². The van der Waals surface area contributed by atoms with Gasteiger partial charge in [0.25, 0.3) is 5.91 Å². The molecule has 2 aliphatic rings. The van der Waals surface area contributed by atoms with E-state index in [2.05, 4.69) is 25.2 Å². The number of nitrogens with two attached hydrogens (primary N) is 1. The molecule has 1 unspecified atom stereocenters. The molecule has 1 saturated heterocycles. The van der Waals surface area contributed by atoms with E-state index in [1.807, 2.05) is 6.07 Å². The molecular weight excluding hydrogens is 332 g/mol. The first-order valence-electron chi connectivity index (χ1n) is 8.86. The van der Waals surface area contributed by atoms with Crippen molar-refractivity contribution in [2.24, 2.45) is 0 Å². The van der Waals surface area contributed by atoms with Crippen molar-refractivity contribution in [2.45, 2.75) is 37.3 Å². The molecule has 26 heavy (non-hydrogen) atoms. The van der Waals surface area contributed by atoms with E-state index in [4.69, 9.17) is 5.73 Å². The van der Waals surface area contributed by atoms with Crippen molar-refractivity contribution in [3.05, 3.63) is 42.0 Å². The minimum atomic E-state index is -0.278. The normalized spacial score (nSPS) is 25.0. The zero-order chi connectivity index (χ0) is 18.1. The minimum Gasteiger partial charge on any atom is -0.391 e. The largest absolute Gasteiger partial charge is 0.391 e. The van der Waals surface area contributed by atoms with Crippen LogP contribution in [0.15, 0.2) is 30.7 Å². The van der Waals surface area contributed by atoms with Crippen molar-refractivity contribution in [1.82, 2.24) is 20.3 Å². The maximum absolute atomic E-state index is 12.2. The number of rotatable bonds is 4. The monoisotopic (exact) mass is 354 g/mol. The summed E-state index contributed by atoms with van der Waals surface area (Å²) in [7, 11) is 0. The smallest absolute Gasteiger partial charge is 0.253 e. The number of carbonyl (C=O) groups excluding carboxylic acids is 1. The molecule has 2 fully saturated rings. The average molecular weight is 354 g/mol. The zero-order valence-electron chi connectivity index (χ0n) is 14.4. The Morgan fingerprint density at radius 3 is 2.81 bits per heavy atom. The van der Waals surface area contributed by atoms with Crippen LogP contribution in [-0.2, 0) is 0 Å². The van der Waals surface area contributed by atoms with E-state index in [0.717, 1.165) is 37.3 Å². The highest BCUT2D eigenvalue weighted by atomic mass is 16.3. The third kappa shape index (κ3) is 3.45. The first-order valence-corrected chi connectivity index (χ1v) is 8.86. The molecule has 2 aromatic heterocycles. The highest BCUT2D eigenvalue weighted by Gasteiger charge is 2.33. The van der Waals surface area contributed by atoms with Gasteiger partial charge < -0.3 is 21.1 Å². The van der Waals surface area contributed by atoms with Crippen molar-refractivity contribution >= 4 is 17.5 Å². The summed E-state index contributed by atoms with van der Waals surface area (Å²) in [5.74, 6) is 1.46. The van der Waals surface area contributed by atoms with E-state index in [9.17, 15) is 9.90 Å². The molecule has 1 aliphatic carbocycles. The second-order valence-corrected chi connectivity index (χ2v) is 7.00. The highest BCUT2D eigenvalue weighted by Crippen LogP contribution is 2.37. The molecule has 4 N–H and O–H groups in total. The summed E-state index contributed by atoms with van der Waals surface area (Å²) in [5, 5.41) is 12.7. The van der Waals surface area contributed by atoms with Gasteiger partial charge in [-0.25, -0.2) is 15.0 Å². The number of hydrogen-bond donors (Lipinski definition) is 3. The van der Waals surface area contributed by atoms with E-state index >= 15 is 0 Å². The zero-order valence-corrected chi connectivity index (χ0v) is 14.4. The fourth-order valence-corrected chi connectivity index (χ4v) is 3.49. The van der Waals surface area contributed by atoms with Crippen molar-refractivity contribution in [3.63, 3.8) is 0 Å². The number of aliphatic hydroxyl groups is 1. The second-order valence-electron chi connectivity index (χ2n) is 7.00. The molecule has 8 heteroatoms. The molecule has 1 amide bonds. The molecule has 1 atom stereocenters. The van der Waals surface area contributed by atoms with Gasteiger partial charge >= 0.3 is 0 Å². The Hall–Kier alpha value is -2.74. The van der Waals surface area contributed by atoms with Crippen LogP contribution < -0.4 is 16.0 Å². The van der Waals surface area contributed by atoms with Gasteiger partial charge in [0.05, 0.1) is 11.7 Å². The lowest BCUT2D eigenvalue weighted by Gasteiger charge is -2.35. The number of nitrogens with zero attached hydrogens (tertiary/aromatic N) is 4. The van der Waals surface area contributed by atoms with E-state index in [0.29, 0.717) is 23.8 Å². The van der Waals surface area contributed by atoms with Gasteiger partial charge in [0.15, 0.2) is 0 Å². The van der Waals surface area contributed by atoms with Gasteiger partial charge in [0.1, 0.15) is 18.0 Å². The van der Waals surface area contributed by atoms with E-state index in [1.54, 1.807) is 18.5 Å². The molecule has 1 aliphatic heterocycles. The fourth-order valence-electron chi connectivity index (χ4n) is 3.49. The molecule has 0 spiro atoms. The molecule has 8 nitrogen and oxygen atoms in total. The Morgan fingerprint density at radius 1 is 1.27 bits per heavy atom. The molecule has 1 saturated carbocycles. The maximum Gasteiger partial charge on any atom is 0.253 e. The lowest BCUT2D eigenvalue weighted by atomic mass is 9.78. The number of carbonyl (C=O) groups is 1. The number of anilines is 2. The first kappa shape index (κ1) is 16.7. The predicted octanol–water partition coefficient (Wildman–Crippen LogP) is 0.701. The molecule has 136 valence electrons. The number of nitrogen functional groups attached to an aromatic ring is 1. The van der Waals surface area contributed by atoms with Crippen molar-refractivity contribution < 1.29 is 9.90 Å². The summed E-state index contributed by atoms with van der Waals surface area (Å²) in [6.45, 7) is 1.44. The molecular formula is C18H22N6O2. The molecule has 3 heterocycles. The molecule has 0 aromatic carbocycles. The van der Waals surface area contributed by atoms with E-state index in [1.165, 1.54) is 6.20 Å². The number of β-amino-alcohol motifs (C(OH)–C–C–N with tert-alkyl or cyclic N) is 1. The number of pyridine rings is 1. The van der Waals surface area contributed by atoms with Crippen LogP contribution in [0.5, 0.6) is 0 Å². The molecule has 0 bridgehead atoms. The van der Waals surface area contributed by atoms with Crippen molar-refractivity contribution in [1.29, 1.82) is 0 Å². The van der Waals surface area contributed by atoms with Gasteiger partial charge in [0, 0.05) is 43.0 Å². The first-order chi connectivity index (χ1) is 12.6. The Balaban J connectivity index is 1.33.